The molecule has 1 heteroatoms. The minimum absolute atomic E-state index is 0.313. The van der Waals surface area contributed by atoms with Crippen molar-refractivity contribution in [3.63, 3.8) is 0 Å². The highest BCUT2D eigenvalue weighted by molar-refractivity contribution is 6.05. The number of rotatable bonds is 4. The lowest BCUT2D eigenvalue weighted by Crippen LogP contribution is -1.98. The molecule has 3 rings (SSSR count). The number of aromatic hydroxyl groups is 1. The lowest BCUT2D eigenvalue weighted by atomic mass is 9.83. The fraction of sp³-hybridized carbons (Fsp3) is 0.167. The van der Waals surface area contributed by atoms with Crippen LogP contribution in [0.25, 0.3) is 33.5 Å². The van der Waals surface area contributed by atoms with Gasteiger partial charge in [0, 0.05) is 5.39 Å². The zero-order chi connectivity index (χ0) is 18.1. The van der Waals surface area contributed by atoms with E-state index in [9.17, 15) is 5.11 Å². The van der Waals surface area contributed by atoms with E-state index in [-0.39, 0.29) is 0 Å². The second-order valence-corrected chi connectivity index (χ2v) is 6.52. The van der Waals surface area contributed by atoms with Gasteiger partial charge < -0.3 is 5.11 Å². The fourth-order valence-electron chi connectivity index (χ4n) is 3.56. The highest BCUT2D eigenvalue weighted by atomic mass is 16.3. The van der Waals surface area contributed by atoms with Crippen molar-refractivity contribution in [3.8, 4) is 16.9 Å². The Balaban J connectivity index is 2.54. The molecule has 0 aliphatic carbocycles. The van der Waals surface area contributed by atoms with E-state index in [1.165, 1.54) is 5.56 Å². The van der Waals surface area contributed by atoms with Gasteiger partial charge in [-0.15, -0.1) is 0 Å². The Kier molecular flexibility index (Phi) is 4.50. The lowest BCUT2D eigenvalue weighted by molar-refractivity contribution is 0.482. The quantitative estimate of drug-likeness (QED) is 0.552. The van der Waals surface area contributed by atoms with Crippen LogP contribution in [-0.4, -0.2) is 5.11 Å². The smallest absolute Gasteiger partial charge is 0.124 e. The van der Waals surface area contributed by atoms with Crippen molar-refractivity contribution in [1.29, 1.82) is 0 Å². The number of benzene rings is 3. The summed E-state index contributed by atoms with van der Waals surface area (Å²) >= 11 is 0. The Morgan fingerprint density at radius 2 is 1.68 bits per heavy atom. The molecule has 0 aromatic heterocycles. The molecule has 0 fully saturated rings. The molecule has 0 spiro atoms. The van der Waals surface area contributed by atoms with E-state index in [1.54, 1.807) is 6.07 Å². The Hall–Kier alpha value is -2.80. The van der Waals surface area contributed by atoms with E-state index in [0.717, 1.165) is 50.6 Å². The molecule has 0 aliphatic heterocycles. The first-order valence-corrected chi connectivity index (χ1v) is 8.65. The first kappa shape index (κ1) is 17.0. The third-order valence-corrected chi connectivity index (χ3v) is 4.93. The van der Waals surface area contributed by atoms with E-state index in [1.807, 2.05) is 18.2 Å². The molecule has 0 atom stereocenters. The van der Waals surface area contributed by atoms with Crippen LogP contribution >= 0.6 is 0 Å². The Morgan fingerprint density at radius 1 is 1.00 bits per heavy atom. The SMILES string of the molecule is C=Cc1ccc(C)c(-c2c(C)ccc3cccc(O)c23)c1C(=C)CC. The fourth-order valence-corrected chi connectivity index (χ4v) is 3.56. The van der Waals surface area contributed by atoms with Gasteiger partial charge in [0.1, 0.15) is 5.75 Å². The van der Waals surface area contributed by atoms with Crippen molar-refractivity contribution in [1.82, 2.24) is 0 Å². The number of phenols is 1. The van der Waals surface area contributed by atoms with Gasteiger partial charge in [-0.25, -0.2) is 0 Å². The van der Waals surface area contributed by atoms with E-state index in [4.69, 9.17) is 0 Å². The van der Waals surface area contributed by atoms with Gasteiger partial charge in [0.25, 0.3) is 0 Å². The van der Waals surface area contributed by atoms with Crippen LogP contribution in [0.4, 0.5) is 0 Å². The summed E-state index contributed by atoms with van der Waals surface area (Å²) < 4.78 is 0. The van der Waals surface area contributed by atoms with Gasteiger partial charge in [-0.3, -0.25) is 0 Å². The van der Waals surface area contributed by atoms with Crippen molar-refractivity contribution < 1.29 is 5.11 Å². The zero-order valence-electron chi connectivity index (χ0n) is 15.2. The van der Waals surface area contributed by atoms with Gasteiger partial charge in [-0.2, -0.15) is 0 Å². The van der Waals surface area contributed by atoms with Crippen LogP contribution in [0.2, 0.25) is 0 Å². The minimum Gasteiger partial charge on any atom is -0.507 e. The monoisotopic (exact) mass is 328 g/mol. The maximum atomic E-state index is 10.6. The van der Waals surface area contributed by atoms with E-state index in [2.05, 4.69) is 58.2 Å². The molecule has 0 saturated heterocycles. The van der Waals surface area contributed by atoms with Gasteiger partial charge >= 0.3 is 0 Å². The number of phenolic OH excluding ortho intramolecular Hbond substituents is 1. The molecule has 0 saturated carbocycles. The molecule has 0 heterocycles. The molecule has 0 unspecified atom stereocenters. The first-order valence-electron chi connectivity index (χ1n) is 8.65. The number of aryl methyl sites for hydroxylation is 2. The van der Waals surface area contributed by atoms with Gasteiger partial charge in [0.15, 0.2) is 0 Å². The van der Waals surface area contributed by atoms with Crippen molar-refractivity contribution in [2.45, 2.75) is 27.2 Å². The minimum atomic E-state index is 0.313. The lowest BCUT2D eigenvalue weighted by Gasteiger charge is -2.21. The predicted octanol–water partition coefficient (Wildman–Crippen LogP) is 6.90. The van der Waals surface area contributed by atoms with Gasteiger partial charge in [0.05, 0.1) is 0 Å². The van der Waals surface area contributed by atoms with Crippen LogP contribution in [-0.2, 0) is 0 Å². The standard InChI is InChI=1S/C24H24O/c1-6-15(3)21-18(7-2)13-11-16(4)22(21)23-17(5)12-14-19-9-8-10-20(25)24(19)23/h7-14,25H,2-3,6H2,1,4-5H3. The molecule has 3 aromatic rings. The van der Waals surface area contributed by atoms with Crippen molar-refractivity contribution >= 4 is 22.4 Å². The van der Waals surface area contributed by atoms with Gasteiger partial charge in [-0.05, 0) is 70.7 Å². The van der Waals surface area contributed by atoms with Gasteiger partial charge in [0.2, 0.25) is 0 Å². The number of allylic oxidation sites excluding steroid dienone is 1. The molecule has 3 aromatic carbocycles. The van der Waals surface area contributed by atoms with Crippen LogP contribution in [0.15, 0.2) is 55.6 Å². The second-order valence-electron chi connectivity index (χ2n) is 6.52. The molecular formula is C24H24O. The first-order chi connectivity index (χ1) is 12.0. The zero-order valence-corrected chi connectivity index (χ0v) is 15.2. The topological polar surface area (TPSA) is 20.2 Å². The van der Waals surface area contributed by atoms with E-state index in [0.29, 0.717) is 5.75 Å². The predicted molar refractivity (Wildman–Crippen MR) is 110 cm³/mol. The third kappa shape index (κ3) is 2.76. The number of fused-ring (bicyclic) bond motifs is 1. The normalized spacial score (nSPS) is 10.8. The highest BCUT2D eigenvalue weighted by Gasteiger charge is 2.19. The Bertz CT molecular complexity index is 993. The summed E-state index contributed by atoms with van der Waals surface area (Å²) in [5.74, 6) is 0.313. The van der Waals surface area contributed by atoms with Crippen LogP contribution in [0, 0.1) is 13.8 Å². The second kappa shape index (κ2) is 6.60. The molecule has 0 aliphatic rings. The van der Waals surface area contributed by atoms with E-state index < -0.39 is 0 Å². The molecular weight excluding hydrogens is 304 g/mol. The molecule has 0 radical (unpaired) electrons. The molecule has 0 bridgehead atoms. The highest BCUT2D eigenvalue weighted by Crippen LogP contribution is 2.43. The Labute approximate surface area is 150 Å². The number of hydrogen-bond acceptors (Lipinski definition) is 1. The summed E-state index contributed by atoms with van der Waals surface area (Å²) in [5, 5.41) is 12.5. The van der Waals surface area contributed by atoms with E-state index >= 15 is 0 Å². The van der Waals surface area contributed by atoms with Crippen molar-refractivity contribution in [3.05, 3.63) is 77.9 Å². The summed E-state index contributed by atoms with van der Waals surface area (Å²) in [5.41, 5.74) is 7.85. The molecule has 25 heavy (non-hydrogen) atoms. The molecule has 0 amide bonds. The molecule has 1 nitrogen and oxygen atoms in total. The van der Waals surface area contributed by atoms with Crippen LogP contribution in [0.1, 0.15) is 35.6 Å². The van der Waals surface area contributed by atoms with Crippen LogP contribution in [0.5, 0.6) is 5.75 Å². The van der Waals surface area contributed by atoms with Crippen molar-refractivity contribution in [2.24, 2.45) is 0 Å². The average molecular weight is 328 g/mol. The summed E-state index contributed by atoms with van der Waals surface area (Å²) in [6.07, 6.45) is 2.76. The summed E-state index contributed by atoms with van der Waals surface area (Å²) in [4.78, 5) is 0. The van der Waals surface area contributed by atoms with Gasteiger partial charge in [-0.1, -0.05) is 62.6 Å². The average Bonchev–Trinajstić information content (AvgIpc) is 2.62. The molecule has 126 valence electrons. The molecule has 1 N–H and O–H groups in total. The maximum absolute atomic E-state index is 10.6. The summed E-state index contributed by atoms with van der Waals surface area (Å²) in [7, 11) is 0. The van der Waals surface area contributed by atoms with Crippen molar-refractivity contribution in [2.75, 3.05) is 0 Å². The third-order valence-electron chi connectivity index (χ3n) is 4.93. The summed E-state index contributed by atoms with van der Waals surface area (Å²) in [6.45, 7) is 14.6. The van der Waals surface area contributed by atoms with Crippen LogP contribution in [0.3, 0.4) is 0 Å². The maximum Gasteiger partial charge on any atom is 0.124 e. The Morgan fingerprint density at radius 3 is 2.36 bits per heavy atom. The van der Waals surface area contributed by atoms with Crippen LogP contribution < -0.4 is 0 Å². The summed E-state index contributed by atoms with van der Waals surface area (Å²) in [6, 6.07) is 14.1. The number of hydrogen-bond donors (Lipinski definition) is 1. The largest absolute Gasteiger partial charge is 0.507 e.